The Balaban J connectivity index is 1.98. The Morgan fingerprint density at radius 3 is 2.54 bits per heavy atom. The first-order valence-electron chi connectivity index (χ1n) is 7.59. The SMILES string of the molecule is N#CC1(NC(=O)CNc2ccc(Br)c(C(F)(F)F)c2)CCCCC1. The van der Waals surface area contributed by atoms with Gasteiger partial charge < -0.3 is 10.6 Å². The lowest BCUT2D eigenvalue weighted by molar-refractivity contribution is -0.138. The normalized spacial score (nSPS) is 17.0. The highest BCUT2D eigenvalue weighted by molar-refractivity contribution is 9.10. The highest BCUT2D eigenvalue weighted by Crippen LogP contribution is 2.36. The minimum Gasteiger partial charge on any atom is -0.376 e. The molecule has 0 atom stereocenters. The molecule has 0 aromatic heterocycles. The van der Waals surface area contributed by atoms with Gasteiger partial charge >= 0.3 is 6.18 Å². The standard InChI is InChI=1S/C16H17BrF3N3O/c17-13-5-4-11(8-12(13)16(18,19)20)22-9-14(24)23-15(10-21)6-2-1-3-7-15/h4-5,8,22H,1-3,6-7,9H2,(H,23,24). The van der Waals surface area contributed by atoms with Gasteiger partial charge in [0, 0.05) is 10.2 Å². The van der Waals surface area contributed by atoms with Crippen LogP contribution in [0.3, 0.4) is 0 Å². The zero-order valence-electron chi connectivity index (χ0n) is 12.8. The third-order valence-electron chi connectivity index (χ3n) is 4.02. The van der Waals surface area contributed by atoms with Crippen LogP contribution in [-0.4, -0.2) is 18.0 Å². The molecule has 0 radical (unpaired) electrons. The third kappa shape index (κ3) is 4.63. The van der Waals surface area contributed by atoms with E-state index in [4.69, 9.17) is 0 Å². The van der Waals surface area contributed by atoms with Gasteiger partial charge in [0.15, 0.2) is 0 Å². The van der Waals surface area contributed by atoms with E-state index in [0.717, 1.165) is 25.3 Å². The molecule has 1 saturated carbocycles. The van der Waals surface area contributed by atoms with Gasteiger partial charge in [0.1, 0.15) is 5.54 Å². The fourth-order valence-corrected chi connectivity index (χ4v) is 3.24. The summed E-state index contributed by atoms with van der Waals surface area (Å²) in [5.74, 6) is -0.407. The molecule has 0 saturated heterocycles. The zero-order valence-corrected chi connectivity index (χ0v) is 14.4. The number of hydrogen-bond donors (Lipinski definition) is 2. The molecule has 1 amide bonds. The summed E-state index contributed by atoms with van der Waals surface area (Å²) < 4.78 is 38.5. The van der Waals surface area contributed by atoms with E-state index in [1.807, 2.05) is 0 Å². The highest BCUT2D eigenvalue weighted by atomic mass is 79.9. The number of halogens is 4. The van der Waals surface area contributed by atoms with Crippen molar-refractivity contribution in [1.82, 2.24) is 5.32 Å². The van der Waals surface area contributed by atoms with Crippen LogP contribution < -0.4 is 10.6 Å². The molecule has 130 valence electrons. The van der Waals surface area contributed by atoms with E-state index < -0.39 is 23.2 Å². The van der Waals surface area contributed by atoms with Gasteiger partial charge in [-0.2, -0.15) is 18.4 Å². The van der Waals surface area contributed by atoms with Crippen molar-refractivity contribution in [3.05, 3.63) is 28.2 Å². The van der Waals surface area contributed by atoms with Crippen molar-refractivity contribution in [2.24, 2.45) is 0 Å². The van der Waals surface area contributed by atoms with Crippen LogP contribution in [0.2, 0.25) is 0 Å². The van der Waals surface area contributed by atoms with Crippen molar-refractivity contribution < 1.29 is 18.0 Å². The quantitative estimate of drug-likeness (QED) is 0.790. The van der Waals surface area contributed by atoms with Gasteiger partial charge in [-0.25, -0.2) is 0 Å². The van der Waals surface area contributed by atoms with Crippen LogP contribution in [0.4, 0.5) is 18.9 Å². The Morgan fingerprint density at radius 2 is 1.96 bits per heavy atom. The maximum absolute atomic E-state index is 12.9. The lowest BCUT2D eigenvalue weighted by atomic mass is 9.83. The molecular formula is C16H17BrF3N3O. The van der Waals surface area contributed by atoms with Crippen molar-refractivity contribution in [3.63, 3.8) is 0 Å². The number of nitrogens with one attached hydrogen (secondary N) is 2. The average molecular weight is 404 g/mol. The van der Waals surface area contributed by atoms with Crippen LogP contribution >= 0.6 is 15.9 Å². The van der Waals surface area contributed by atoms with E-state index in [-0.39, 0.29) is 16.7 Å². The molecule has 1 aromatic rings. The Morgan fingerprint density at radius 1 is 1.29 bits per heavy atom. The van der Waals surface area contributed by atoms with E-state index in [1.54, 1.807) is 0 Å². The molecule has 0 unspecified atom stereocenters. The van der Waals surface area contributed by atoms with Gasteiger partial charge in [0.25, 0.3) is 0 Å². The van der Waals surface area contributed by atoms with Crippen molar-refractivity contribution in [1.29, 1.82) is 5.26 Å². The topological polar surface area (TPSA) is 64.9 Å². The first kappa shape index (κ1) is 18.6. The number of nitrogens with zero attached hydrogens (tertiary/aromatic N) is 1. The molecule has 4 nitrogen and oxygen atoms in total. The van der Waals surface area contributed by atoms with Gasteiger partial charge in [-0.15, -0.1) is 0 Å². The second kappa shape index (κ2) is 7.43. The van der Waals surface area contributed by atoms with Crippen LogP contribution in [0.5, 0.6) is 0 Å². The van der Waals surface area contributed by atoms with Gasteiger partial charge in [-0.05, 0) is 31.0 Å². The fourth-order valence-electron chi connectivity index (χ4n) is 2.77. The second-order valence-electron chi connectivity index (χ2n) is 5.85. The number of hydrogen-bond acceptors (Lipinski definition) is 3. The van der Waals surface area contributed by atoms with Gasteiger partial charge in [0.05, 0.1) is 18.2 Å². The first-order valence-corrected chi connectivity index (χ1v) is 8.38. The van der Waals surface area contributed by atoms with E-state index in [2.05, 4.69) is 32.6 Å². The average Bonchev–Trinajstić information content (AvgIpc) is 2.54. The lowest BCUT2D eigenvalue weighted by Crippen LogP contribution is -2.50. The molecule has 24 heavy (non-hydrogen) atoms. The summed E-state index contributed by atoms with van der Waals surface area (Å²) in [5.41, 5.74) is -1.47. The number of nitriles is 1. The van der Waals surface area contributed by atoms with Gasteiger partial charge in [-0.1, -0.05) is 35.2 Å². The largest absolute Gasteiger partial charge is 0.417 e. The number of alkyl halides is 3. The number of carbonyl (C=O) groups is 1. The second-order valence-corrected chi connectivity index (χ2v) is 6.70. The summed E-state index contributed by atoms with van der Waals surface area (Å²) in [5, 5.41) is 14.7. The maximum atomic E-state index is 12.9. The molecule has 0 heterocycles. The van der Waals surface area contributed by atoms with Crippen LogP contribution in [0.25, 0.3) is 0 Å². The monoisotopic (exact) mass is 403 g/mol. The molecular weight excluding hydrogens is 387 g/mol. The molecule has 2 N–H and O–H groups in total. The molecule has 0 bridgehead atoms. The number of carbonyl (C=O) groups excluding carboxylic acids is 1. The summed E-state index contributed by atoms with van der Waals surface area (Å²) in [4.78, 5) is 12.0. The van der Waals surface area contributed by atoms with E-state index in [9.17, 15) is 23.2 Å². The minimum absolute atomic E-state index is 0.0596. The highest BCUT2D eigenvalue weighted by Gasteiger charge is 2.34. The Kier molecular flexibility index (Phi) is 5.75. The first-order chi connectivity index (χ1) is 11.3. The molecule has 0 spiro atoms. The molecule has 1 fully saturated rings. The van der Waals surface area contributed by atoms with Crippen LogP contribution in [0.15, 0.2) is 22.7 Å². The van der Waals surface area contributed by atoms with Gasteiger partial charge in [-0.3, -0.25) is 4.79 Å². The summed E-state index contributed by atoms with van der Waals surface area (Å²) >= 11 is 2.87. The number of amides is 1. The van der Waals surface area contributed by atoms with Crippen LogP contribution in [-0.2, 0) is 11.0 Å². The Hall–Kier alpha value is -1.75. The summed E-state index contributed by atoms with van der Waals surface area (Å²) in [6.45, 7) is -0.192. The van der Waals surface area contributed by atoms with Crippen LogP contribution in [0.1, 0.15) is 37.7 Å². The minimum atomic E-state index is -4.48. The van der Waals surface area contributed by atoms with E-state index in [1.165, 1.54) is 12.1 Å². The Labute approximate surface area is 146 Å². The smallest absolute Gasteiger partial charge is 0.376 e. The zero-order chi connectivity index (χ0) is 17.8. The number of anilines is 1. The Bertz CT molecular complexity index is 649. The summed E-state index contributed by atoms with van der Waals surface area (Å²) in [7, 11) is 0. The maximum Gasteiger partial charge on any atom is 0.417 e. The molecule has 8 heteroatoms. The van der Waals surface area contributed by atoms with Crippen LogP contribution in [0, 0.1) is 11.3 Å². The molecule has 1 aliphatic rings. The van der Waals surface area contributed by atoms with Crippen molar-refractivity contribution in [2.45, 2.75) is 43.8 Å². The predicted octanol–water partition coefficient (Wildman–Crippen LogP) is 4.22. The number of rotatable bonds is 4. The summed E-state index contributed by atoms with van der Waals surface area (Å²) in [6.07, 6.45) is -0.480. The lowest BCUT2D eigenvalue weighted by Gasteiger charge is -2.31. The van der Waals surface area contributed by atoms with Crippen molar-refractivity contribution in [3.8, 4) is 6.07 Å². The fraction of sp³-hybridized carbons (Fsp3) is 0.500. The van der Waals surface area contributed by atoms with E-state index >= 15 is 0 Å². The molecule has 1 aliphatic carbocycles. The molecule has 1 aromatic carbocycles. The third-order valence-corrected chi connectivity index (χ3v) is 4.72. The predicted molar refractivity (Wildman–Crippen MR) is 87.2 cm³/mol. The molecule has 0 aliphatic heterocycles. The van der Waals surface area contributed by atoms with Crippen molar-refractivity contribution in [2.75, 3.05) is 11.9 Å². The van der Waals surface area contributed by atoms with Crippen molar-refractivity contribution >= 4 is 27.5 Å². The summed E-state index contributed by atoms with van der Waals surface area (Å²) in [6, 6.07) is 5.84. The number of benzene rings is 1. The van der Waals surface area contributed by atoms with E-state index in [0.29, 0.717) is 12.8 Å². The molecule has 2 rings (SSSR count). The van der Waals surface area contributed by atoms with Gasteiger partial charge in [0.2, 0.25) is 5.91 Å².